The number of hydrogen-bond donors (Lipinski definition) is 2. The van der Waals surface area contributed by atoms with E-state index in [-0.39, 0.29) is 36.2 Å². The number of aryl methyl sites for hydroxylation is 1. The van der Waals surface area contributed by atoms with E-state index in [4.69, 9.17) is 16.6 Å². The number of amides is 4. The molecule has 3 atom stereocenters. The second-order valence-electron chi connectivity index (χ2n) is 9.91. The van der Waals surface area contributed by atoms with E-state index in [0.29, 0.717) is 45.9 Å². The number of likely N-dealkylation sites (N-methyl/N-ethyl adjacent to an activating group) is 1. The van der Waals surface area contributed by atoms with Gasteiger partial charge in [-0.3, -0.25) is 19.4 Å². The summed E-state index contributed by atoms with van der Waals surface area (Å²) in [5, 5.41) is 6.52. The van der Waals surface area contributed by atoms with E-state index in [1.54, 1.807) is 35.1 Å². The summed E-state index contributed by atoms with van der Waals surface area (Å²) in [5.41, 5.74) is 2.44. The first-order valence-electron chi connectivity index (χ1n) is 12.6. The summed E-state index contributed by atoms with van der Waals surface area (Å²) in [4.78, 5) is 61.8. The number of pyridine rings is 1. The average molecular weight is 561 g/mol. The lowest BCUT2D eigenvalue weighted by Gasteiger charge is -2.16. The molecule has 1 saturated carbocycles. The van der Waals surface area contributed by atoms with E-state index in [1.807, 2.05) is 19.9 Å². The fraction of sp³-hybridized carbons (Fsp3) is 0.308. The number of nitrogens with one attached hydrogen (secondary N) is 2. The van der Waals surface area contributed by atoms with Crippen LogP contribution in [0, 0.1) is 12.8 Å². The largest absolute Gasteiger partial charge is 0.362 e. The zero-order valence-electron chi connectivity index (χ0n) is 21.9. The number of imidazole rings is 1. The Kier molecular flexibility index (Phi) is 6.29. The Hall–Kier alpha value is -4.65. The van der Waals surface area contributed by atoms with Crippen molar-refractivity contribution in [3.05, 3.63) is 65.4 Å². The molecule has 0 aromatic carbocycles. The normalized spacial score (nSPS) is 19.3. The zero-order valence-corrected chi connectivity index (χ0v) is 22.6. The zero-order chi connectivity index (χ0) is 28.1. The van der Waals surface area contributed by atoms with Gasteiger partial charge in [-0.1, -0.05) is 11.6 Å². The minimum Gasteiger partial charge on any atom is -0.362 e. The Morgan fingerprint density at radius 3 is 2.67 bits per heavy atom. The number of carbonyl (C=O) groups excluding carboxylic acids is 3. The van der Waals surface area contributed by atoms with Crippen LogP contribution in [0.25, 0.3) is 5.65 Å². The first kappa shape index (κ1) is 25.6. The molecule has 1 aliphatic heterocycles. The number of carbonyl (C=O) groups is 3. The number of anilines is 3. The molecule has 5 heterocycles. The first-order valence-corrected chi connectivity index (χ1v) is 13.0. The van der Waals surface area contributed by atoms with Crippen molar-refractivity contribution >= 4 is 52.4 Å². The maximum absolute atomic E-state index is 12.8. The van der Waals surface area contributed by atoms with Gasteiger partial charge < -0.3 is 15.0 Å². The molecule has 40 heavy (non-hydrogen) atoms. The Morgan fingerprint density at radius 2 is 1.93 bits per heavy atom. The maximum atomic E-state index is 12.8. The predicted octanol–water partition coefficient (Wildman–Crippen LogP) is 3.19. The molecular formula is C26H25ClN10O3. The van der Waals surface area contributed by atoms with Gasteiger partial charge in [0.2, 0.25) is 11.8 Å². The smallest absolute Gasteiger partial charge is 0.331 e. The quantitative estimate of drug-likeness (QED) is 0.325. The van der Waals surface area contributed by atoms with Crippen LogP contribution in [-0.4, -0.2) is 65.7 Å². The van der Waals surface area contributed by atoms with Gasteiger partial charge in [-0.25, -0.2) is 29.7 Å². The molecule has 2 fully saturated rings. The SMILES string of the molecule is Cc1ccnc([C@H]2C[C@@H]2C(=O)Nc2cc(N[C@H](C)c3cn4cc(Cl)cc(N5CC(=O)N(C)C5=O)c4n3)ncn2)n1. The lowest BCUT2D eigenvalue weighted by Crippen LogP contribution is -2.30. The van der Waals surface area contributed by atoms with Crippen LogP contribution in [0.5, 0.6) is 0 Å². The average Bonchev–Trinajstić information content (AvgIpc) is 3.55. The van der Waals surface area contributed by atoms with Gasteiger partial charge in [0.15, 0.2) is 5.65 Å². The lowest BCUT2D eigenvalue weighted by molar-refractivity contribution is -0.124. The van der Waals surface area contributed by atoms with Crippen molar-refractivity contribution in [2.75, 3.05) is 29.1 Å². The van der Waals surface area contributed by atoms with Crippen molar-refractivity contribution in [2.45, 2.75) is 32.2 Å². The third-order valence-electron chi connectivity index (χ3n) is 6.99. The fourth-order valence-electron chi connectivity index (χ4n) is 4.69. The minimum absolute atomic E-state index is 0.00201. The van der Waals surface area contributed by atoms with E-state index in [1.165, 1.54) is 18.3 Å². The van der Waals surface area contributed by atoms with E-state index in [9.17, 15) is 14.4 Å². The summed E-state index contributed by atoms with van der Waals surface area (Å²) < 4.78 is 1.72. The summed E-state index contributed by atoms with van der Waals surface area (Å²) in [6, 6.07) is 4.34. The van der Waals surface area contributed by atoms with Gasteiger partial charge in [0.25, 0.3) is 0 Å². The molecule has 6 rings (SSSR count). The van der Waals surface area contributed by atoms with Gasteiger partial charge >= 0.3 is 6.03 Å². The summed E-state index contributed by atoms with van der Waals surface area (Å²) in [7, 11) is 1.44. The van der Waals surface area contributed by atoms with Gasteiger partial charge in [-0.2, -0.15) is 0 Å². The molecule has 1 aliphatic carbocycles. The van der Waals surface area contributed by atoms with Crippen LogP contribution in [0.4, 0.5) is 22.1 Å². The van der Waals surface area contributed by atoms with Crippen molar-refractivity contribution in [3.63, 3.8) is 0 Å². The van der Waals surface area contributed by atoms with E-state index in [0.717, 1.165) is 10.6 Å². The monoisotopic (exact) mass is 560 g/mol. The molecule has 0 unspecified atom stereocenters. The molecule has 0 radical (unpaired) electrons. The highest BCUT2D eigenvalue weighted by Crippen LogP contribution is 2.46. The molecule has 2 aliphatic rings. The van der Waals surface area contributed by atoms with Gasteiger partial charge in [0.1, 0.15) is 30.3 Å². The van der Waals surface area contributed by atoms with Crippen LogP contribution in [0.2, 0.25) is 5.02 Å². The highest BCUT2D eigenvalue weighted by Gasteiger charge is 2.46. The highest BCUT2D eigenvalue weighted by molar-refractivity contribution is 6.31. The van der Waals surface area contributed by atoms with Crippen molar-refractivity contribution in [2.24, 2.45) is 5.92 Å². The molecule has 0 bridgehead atoms. The number of imide groups is 1. The van der Waals surface area contributed by atoms with Crippen LogP contribution in [0.1, 0.15) is 42.5 Å². The van der Waals surface area contributed by atoms with Crippen LogP contribution in [0.3, 0.4) is 0 Å². The molecule has 14 heteroatoms. The molecule has 0 spiro atoms. The summed E-state index contributed by atoms with van der Waals surface area (Å²) in [6.07, 6.45) is 7.24. The van der Waals surface area contributed by atoms with Crippen molar-refractivity contribution in [1.29, 1.82) is 0 Å². The Labute approximate surface area is 233 Å². The number of nitrogens with zero attached hydrogens (tertiary/aromatic N) is 8. The maximum Gasteiger partial charge on any atom is 0.331 e. The molecule has 4 aromatic rings. The van der Waals surface area contributed by atoms with Gasteiger partial charge in [-0.15, -0.1) is 0 Å². The van der Waals surface area contributed by atoms with Gasteiger partial charge in [0, 0.05) is 49.2 Å². The van der Waals surface area contributed by atoms with Gasteiger partial charge in [0.05, 0.1) is 22.4 Å². The topological polar surface area (TPSA) is 151 Å². The van der Waals surface area contributed by atoms with E-state index in [2.05, 4.69) is 30.6 Å². The molecule has 4 aromatic heterocycles. The third-order valence-corrected chi connectivity index (χ3v) is 7.20. The second-order valence-corrected chi connectivity index (χ2v) is 10.3. The molecular weight excluding hydrogens is 536 g/mol. The van der Waals surface area contributed by atoms with Crippen molar-refractivity contribution < 1.29 is 14.4 Å². The van der Waals surface area contributed by atoms with E-state index >= 15 is 0 Å². The van der Waals surface area contributed by atoms with Crippen LogP contribution < -0.4 is 15.5 Å². The molecule has 2 N–H and O–H groups in total. The van der Waals surface area contributed by atoms with Crippen molar-refractivity contribution in [3.8, 4) is 0 Å². The number of hydrogen-bond acceptors (Lipinski definition) is 9. The van der Waals surface area contributed by atoms with Crippen molar-refractivity contribution in [1.82, 2.24) is 34.2 Å². The number of rotatable bonds is 7. The Morgan fingerprint density at radius 1 is 1.12 bits per heavy atom. The fourth-order valence-corrected chi connectivity index (χ4v) is 4.90. The predicted molar refractivity (Wildman–Crippen MR) is 146 cm³/mol. The van der Waals surface area contributed by atoms with Crippen LogP contribution in [-0.2, 0) is 9.59 Å². The molecule has 1 saturated heterocycles. The van der Waals surface area contributed by atoms with Crippen LogP contribution in [0.15, 0.2) is 43.1 Å². The molecule has 13 nitrogen and oxygen atoms in total. The van der Waals surface area contributed by atoms with Crippen LogP contribution >= 0.6 is 11.6 Å². The third kappa shape index (κ3) is 4.79. The molecule has 4 amide bonds. The first-order chi connectivity index (χ1) is 19.2. The summed E-state index contributed by atoms with van der Waals surface area (Å²) >= 11 is 6.32. The number of fused-ring (bicyclic) bond motifs is 1. The minimum atomic E-state index is -0.440. The number of halogens is 1. The summed E-state index contributed by atoms with van der Waals surface area (Å²) in [5.74, 6) is 0.894. The summed E-state index contributed by atoms with van der Waals surface area (Å²) in [6.45, 7) is 3.71. The Balaban J connectivity index is 1.16. The highest BCUT2D eigenvalue weighted by atomic mass is 35.5. The Bertz CT molecular complexity index is 1670. The number of urea groups is 1. The standard InChI is InChI=1S/C26H25ClN10O3/c1-13-4-5-28-23(31-13)16-7-17(16)25(39)34-21-8-20(29-12-30-21)32-14(2)18-10-36-9-15(27)6-19(24(36)33-18)37-11-22(38)35(3)26(37)40/h4-6,8-10,12,14,16-17H,7,11H2,1-3H3,(H2,29,30,32,34,39)/t14-,16+,17+/m1/s1. The second kappa shape index (κ2) is 9.83. The lowest BCUT2D eigenvalue weighted by atomic mass is 10.2. The molecule has 204 valence electrons. The number of aromatic nitrogens is 6. The van der Waals surface area contributed by atoms with E-state index < -0.39 is 6.03 Å². The van der Waals surface area contributed by atoms with Gasteiger partial charge in [-0.05, 0) is 32.4 Å².